The van der Waals surface area contributed by atoms with Crippen LogP contribution in [-0.2, 0) is 11.3 Å². The van der Waals surface area contributed by atoms with Gasteiger partial charge in [0, 0.05) is 18.7 Å². The fraction of sp³-hybridized carbons (Fsp3) is 0.625. The Morgan fingerprint density at radius 2 is 1.97 bits per heavy atom. The summed E-state index contributed by atoms with van der Waals surface area (Å²) in [5.74, 6) is 3.57. The van der Waals surface area contributed by atoms with Gasteiger partial charge in [0.05, 0.1) is 12.9 Å². The zero-order valence-electron chi connectivity index (χ0n) is 19.8. The molecule has 1 aliphatic rings. The predicted octanol–water partition coefficient (Wildman–Crippen LogP) is 4.87. The lowest BCUT2D eigenvalue weighted by atomic mass is 9.86. The number of hydrogen-bond donors (Lipinski definition) is 1. The molecular weight excluding hydrogens is 424 g/mol. The van der Waals surface area contributed by atoms with E-state index in [-0.39, 0.29) is 18.1 Å². The van der Waals surface area contributed by atoms with Gasteiger partial charge in [-0.3, -0.25) is 4.79 Å². The SMILES string of the molecule is COc1cccc(OC(C)c2nnc(SCC(=O)NC3CCCCC3C)n2CC(C)C)c1. The number of carbonyl (C=O) groups excluding carboxylic acids is 1. The molecule has 1 aliphatic carbocycles. The summed E-state index contributed by atoms with van der Waals surface area (Å²) in [7, 11) is 1.64. The molecule has 32 heavy (non-hydrogen) atoms. The minimum Gasteiger partial charge on any atom is -0.497 e. The second kappa shape index (κ2) is 11.6. The number of benzene rings is 1. The molecule has 1 amide bonds. The molecule has 3 atom stereocenters. The van der Waals surface area contributed by atoms with Crippen LogP contribution < -0.4 is 14.8 Å². The number of amides is 1. The number of nitrogens with zero attached hydrogens (tertiary/aromatic N) is 3. The molecule has 7 nitrogen and oxygen atoms in total. The molecule has 1 aromatic carbocycles. The third-order valence-electron chi connectivity index (χ3n) is 5.80. The number of rotatable bonds is 10. The van der Waals surface area contributed by atoms with E-state index in [2.05, 4.69) is 40.9 Å². The highest BCUT2D eigenvalue weighted by molar-refractivity contribution is 7.99. The van der Waals surface area contributed by atoms with Crippen molar-refractivity contribution in [3.63, 3.8) is 0 Å². The Balaban J connectivity index is 1.66. The number of carbonyl (C=O) groups is 1. The molecule has 1 heterocycles. The molecule has 1 saturated carbocycles. The lowest BCUT2D eigenvalue weighted by Gasteiger charge is -2.29. The van der Waals surface area contributed by atoms with Gasteiger partial charge in [-0.15, -0.1) is 10.2 Å². The first kappa shape index (κ1) is 24.4. The summed E-state index contributed by atoms with van der Waals surface area (Å²) in [5, 5.41) is 12.8. The van der Waals surface area contributed by atoms with Crippen molar-refractivity contribution in [3.05, 3.63) is 30.1 Å². The van der Waals surface area contributed by atoms with Crippen LogP contribution in [0.25, 0.3) is 0 Å². The molecule has 1 N–H and O–H groups in total. The minimum atomic E-state index is -0.292. The van der Waals surface area contributed by atoms with Gasteiger partial charge in [-0.05, 0) is 43.7 Å². The number of thioether (sulfide) groups is 1. The number of ether oxygens (including phenoxy) is 2. The van der Waals surface area contributed by atoms with E-state index in [1.807, 2.05) is 31.2 Å². The molecule has 0 spiro atoms. The predicted molar refractivity (Wildman–Crippen MR) is 127 cm³/mol. The number of nitrogens with one attached hydrogen (secondary N) is 1. The third kappa shape index (κ3) is 6.64. The van der Waals surface area contributed by atoms with Crippen LogP contribution in [0.3, 0.4) is 0 Å². The highest BCUT2D eigenvalue weighted by Crippen LogP contribution is 2.28. The molecule has 2 aromatic rings. The molecule has 1 aromatic heterocycles. The highest BCUT2D eigenvalue weighted by Gasteiger charge is 2.24. The van der Waals surface area contributed by atoms with Crippen LogP contribution in [0.4, 0.5) is 0 Å². The summed E-state index contributed by atoms with van der Waals surface area (Å²) in [4.78, 5) is 12.6. The van der Waals surface area contributed by atoms with Crippen molar-refractivity contribution in [2.75, 3.05) is 12.9 Å². The first-order valence-corrected chi connectivity index (χ1v) is 12.5. The average Bonchev–Trinajstić information content (AvgIpc) is 3.16. The molecule has 3 rings (SSSR count). The molecule has 0 aliphatic heterocycles. The van der Waals surface area contributed by atoms with Crippen LogP contribution in [0, 0.1) is 11.8 Å². The van der Waals surface area contributed by atoms with Crippen molar-refractivity contribution in [2.45, 2.75) is 77.2 Å². The topological polar surface area (TPSA) is 78.3 Å². The van der Waals surface area contributed by atoms with Gasteiger partial charge in [0.25, 0.3) is 0 Å². The monoisotopic (exact) mass is 460 g/mol. The molecule has 176 valence electrons. The maximum Gasteiger partial charge on any atom is 0.230 e. The molecule has 3 unspecified atom stereocenters. The van der Waals surface area contributed by atoms with Gasteiger partial charge in [0.1, 0.15) is 11.5 Å². The van der Waals surface area contributed by atoms with Crippen LogP contribution in [0.5, 0.6) is 11.5 Å². The maximum absolute atomic E-state index is 12.6. The maximum atomic E-state index is 12.6. The number of hydrogen-bond acceptors (Lipinski definition) is 6. The molecular formula is C24H36N4O3S. The van der Waals surface area contributed by atoms with E-state index in [9.17, 15) is 4.79 Å². The quantitative estimate of drug-likeness (QED) is 0.510. The van der Waals surface area contributed by atoms with E-state index in [1.165, 1.54) is 31.0 Å². The normalized spacial score (nSPS) is 19.6. The Bertz CT molecular complexity index is 886. The first-order valence-electron chi connectivity index (χ1n) is 11.5. The van der Waals surface area contributed by atoms with E-state index in [1.54, 1.807) is 7.11 Å². The second-order valence-electron chi connectivity index (χ2n) is 9.01. The summed E-state index contributed by atoms with van der Waals surface area (Å²) in [6, 6.07) is 7.82. The van der Waals surface area contributed by atoms with Gasteiger partial charge in [-0.1, -0.05) is 51.4 Å². The molecule has 0 bridgehead atoms. The van der Waals surface area contributed by atoms with E-state index in [0.717, 1.165) is 29.7 Å². The van der Waals surface area contributed by atoms with Crippen LogP contribution in [0.15, 0.2) is 29.4 Å². The Kier molecular flexibility index (Phi) is 8.84. The van der Waals surface area contributed by atoms with Crippen LogP contribution >= 0.6 is 11.8 Å². The smallest absolute Gasteiger partial charge is 0.230 e. The average molecular weight is 461 g/mol. The van der Waals surface area contributed by atoms with Crippen LogP contribution in [0.1, 0.15) is 65.3 Å². The Hall–Kier alpha value is -2.22. The van der Waals surface area contributed by atoms with Crippen molar-refractivity contribution in [1.29, 1.82) is 0 Å². The molecule has 1 fully saturated rings. The molecule has 8 heteroatoms. The van der Waals surface area contributed by atoms with E-state index < -0.39 is 0 Å². The number of methoxy groups -OCH3 is 1. The standard InChI is InChI=1S/C24H36N4O3S/c1-16(2)14-28-23(18(4)31-20-11-8-10-19(13-20)30-5)26-27-24(28)32-15-22(29)25-21-12-7-6-9-17(21)3/h8,10-11,13,16-18,21H,6-7,9,12,14-15H2,1-5H3,(H,25,29). The second-order valence-corrected chi connectivity index (χ2v) is 9.95. The van der Waals surface area contributed by atoms with Crippen molar-refractivity contribution in [1.82, 2.24) is 20.1 Å². The fourth-order valence-electron chi connectivity index (χ4n) is 4.08. The third-order valence-corrected chi connectivity index (χ3v) is 6.77. The van der Waals surface area contributed by atoms with Crippen LogP contribution in [-0.4, -0.2) is 39.6 Å². The Morgan fingerprint density at radius 1 is 1.22 bits per heavy atom. The lowest BCUT2D eigenvalue weighted by molar-refractivity contribution is -0.119. The zero-order valence-corrected chi connectivity index (χ0v) is 20.7. The minimum absolute atomic E-state index is 0.0649. The highest BCUT2D eigenvalue weighted by atomic mass is 32.2. The summed E-state index contributed by atoms with van der Waals surface area (Å²) in [5.41, 5.74) is 0. The van der Waals surface area contributed by atoms with Crippen molar-refractivity contribution < 1.29 is 14.3 Å². The summed E-state index contributed by atoms with van der Waals surface area (Å²) in [6.45, 7) is 9.27. The molecule has 0 radical (unpaired) electrons. The Morgan fingerprint density at radius 3 is 2.69 bits per heavy atom. The first-order chi connectivity index (χ1) is 15.4. The summed E-state index contributed by atoms with van der Waals surface area (Å²) < 4.78 is 13.5. The van der Waals surface area contributed by atoms with Crippen LogP contribution in [0.2, 0.25) is 0 Å². The summed E-state index contributed by atoms with van der Waals surface area (Å²) >= 11 is 1.44. The van der Waals surface area contributed by atoms with Gasteiger partial charge in [-0.2, -0.15) is 0 Å². The van der Waals surface area contributed by atoms with Crippen molar-refractivity contribution in [2.24, 2.45) is 11.8 Å². The van der Waals surface area contributed by atoms with Gasteiger partial charge in [0.2, 0.25) is 5.91 Å². The van der Waals surface area contributed by atoms with Gasteiger partial charge >= 0.3 is 0 Å². The van der Waals surface area contributed by atoms with E-state index in [0.29, 0.717) is 23.3 Å². The molecule has 0 saturated heterocycles. The van der Waals surface area contributed by atoms with Gasteiger partial charge < -0.3 is 19.4 Å². The largest absolute Gasteiger partial charge is 0.497 e. The van der Waals surface area contributed by atoms with Crippen molar-refractivity contribution >= 4 is 17.7 Å². The summed E-state index contributed by atoms with van der Waals surface area (Å²) in [6.07, 6.45) is 4.43. The van der Waals surface area contributed by atoms with E-state index >= 15 is 0 Å². The fourth-order valence-corrected chi connectivity index (χ4v) is 4.85. The number of aromatic nitrogens is 3. The van der Waals surface area contributed by atoms with E-state index in [4.69, 9.17) is 9.47 Å². The van der Waals surface area contributed by atoms with Crippen molar-refractivity contribution in [3.8, 4) is 11.5 Å². The van der Waals surface area contributed by atoms with Gasteiger partial charge in [-0.25, -0.2) is 0 Å². The zero-order chi connectivity index (χ0) is 23.1. The Labute approximate surface area is 195 Å². The lowest BCUT2D eigenvalue weighted by Crippen LogP contribution is -2.41. The van der Waals surface area contributed by atoms with Gasteiger partial charge in [0.15, 0.2) is 17.1 Å².